The Bertz CT molecular complexity index is 1380. The lowest BCUT2D eigenvalue weighted by atomic mass is 9.94. The van der Waals surface area contributed by atoms with E-state index in [1.165, 1.54) is 18.5 Å². The zero-order valence-electron chi connectivity index (χ0n) is 18.5. The number of alkyl halides is 6. The Morgan fingerprint density at radius 2 is 1.66 bits per heavy atom. The van der Waals surface area contributed by atoms with Gasteiger partial charge < -0.3 is 0 Å². The van der Waals surface area contributed by atoms with Gasteiger partial charge in [-0.2, -0.15) is 26.3 Å². The molecule has 38 heavy (non-hydrogen) atoms. The van der Waals surface area contributed by atoms with Crippen molar-refractivity contribution in [1.29, 1.82) is 0 Å². The molecule has 1 aromatic heterocycles. The maximum atomic E-state index is 15.0. The van der Waals surface area contributed by atoms with E-state index in [2.05, 4.69) is 15.4 Å². The minimum Gasteiger partial charge on any atom is -0.298 e. The number of carbonyl (C=O) groups is 2. The average Bonchev–Trinajstić information content (AvgIpc) is 2.86. The first-order valence-corrected chi connectivity index (χ1v) is 10.9. The van der Waals surface area contributed by atoms with Gasteiger partial charge in [0.15, 0.2) is 6.29 Å². The summed E-state index contributed by atoms with van der Waals surface area (Å²) in [6.45, 7) is 0. The van der Waals surface area contributed by atoms with E-state index in [1.807, 2.05) is 5.43 Å². The van der Waals surface area contributed by atoms with Gasteiger partial charge in [0.1, 0.15) is 11.7 Å². The third-order valence-electron chi connectivity index (χ3n) is 4.93. The van der Waals surface area contributed by atoms with Gasteiger partial charge in [0.2, 0.25) is 5.95 Å². The monoisotopic (exact) mass is 580 g/mol. The number of aldehydes is 1. The molecule has 0 aliphatic carbocycles. The van der Waals surface area contributed by atoms with Crippen LogP contribution in [0.25, 0.3) is 5.83 Å². The number of anilines is 1. The summed E-state index contributed by atoms with van der Waals surface area (Å²) in [6, 6.07) is 4.44. The van der Waals surface area contributed by atoms with Gasteiger partial charge >= 0.3 is 12.4 Å². The molecule has 1 unspecified atom stereocenters. The van der Waals surface area contributed by atoms with E-state index < -0.39 is 62.8 Å². The smallest absolute Gasteiger partial charge is 0.298 e. The number of hydrogen-bond donors (Lipinski definition) is 2. The van der Waals surface area contributed by atoms with Crippen LogP contribution < -0.4 is 10.9 Å². The molecule has 1 amide bonds. The number of hydrogen-bond acceptors (Lipinski definition) is 5. The number of amides is 1. The second kappa shape index (κ2) is 11.4. The summed E-state index contributed by atoms with van der Waals surface area (Å²) in [5.41, 5.74) is -0.398. The second-order valence-electron chi connectivity index (χ2n) is 7.47. The van der Waals surface area contributed by atoms with Crippen molar-refractivity contribution in [3.63, 3.8) is 0 Å². The molecule has 2 N–H and O–H groups in total. The number of halogens is 9. The average molecular weight is 581 g/mol. The van der Waals surface area contributed by atoms with Crippen molar-refractivity contribution in [3.8, 4) is 0 Å². The number of rotatable bonds is 7. The minimum absolute atomic E-state index is 0.0255. The fraction of sp³-hybridized carbons (Fsp3) is 0.130. The topological polar surface area (TPSA) is 84.0 Å². The van der Waals surface area contributed by atoms with Gasteiger partial charge in [-0.25, -0.2) is 14.4 Å². The quantitative estimate of drug-likeness (QED) is 0.178. The van der Waals surface area contributed by atoms with Crippen LogP contribution in [-0.2, 0) is 6.18 Å². The second-order valence-corrected chi connectivity index (χ2v) is 8.25. The highest BCUT2D eigenvalue weighted by Gasteiger charge is 2.41. The van der Waals surface area contributed by atoms with Gasteiger partial charge in [0.05, 0.1) is 21.2 Å². The minimum atomic E-state index is -5.18. The molecule has 0 saturated heterocycles. The number of aromatic nitrogens is 2. The molecule has 1 heterocycles. The predicted octanol–water partition coefficient (Wildman–Crippen LogP) is 7.03. The Morgan fingerprint density at radius 3 is 2.24 bits per heavy atom. The first kappa shape index (κ1) is 28.9. The van der Waals surface area contributed by atoms with Crippen LogP contribution in [0, 0.1) is 0 Å². The number of allylic oxidation sites excluding steroid dienone is 1. The van der Waals surface area contributed by atoms with Crippen molar-refractivity contribution >= 4 is 47.2 Å². The molecule has 2 aromatic carbocycles. The van der Waals surface area contributed by atoms with Gasteiger partial charge in [0.25, 0.3) is 5.91 Å². The van der Waals surface area contributed by atoms with Gasteiger partial charge in [-0.3, -0.25) is 20.4 Å². The number of benzene rings is 2. The number of nitrogens with zero attached hydrogens (tertiary/aromatic N) is 2. The lowest BCUT2D eigenvalue weighted by molar-refractivity contribution is -0.140. The highest BCUT2D eigenvalue weighted by atomic mass is 35.5. The zero-order valence-corrected chi connectivity index (χ0v) is 20.0. The van der Waals surface area contributed by atoms with E-state index in [4.69, 9.17) is 23.2 Å². The van der Waals surface area contributed by atoms with E-state index >= 15 is 0 Å². The van der Waals surface area contributed by atoms with Crippen LogP contribution in [0.2, 0.25) is 10.0 Å². The summed E-state index contributed by atoms with van der Waals surface area (Å²) in [5, 5.41) is -0.744. The highest BCUT2D eigenvalue weighted by Crippen LogP contribution is 2.41. The molecule has 0 bridgehead atoms. The SMILES string of the molecule is O=Cc1cc(C(C=C(F)c2ccc(C(=O)NNc3ncccn3)c(C(F)(F)F)c2)C(F)(F)F)cc(Cl)c1Cl. The number of nitrogens with one attached hydrogen (secondary N) is 2. The summed E-state index contributed by atoms with van der Waals surface area (Å²) in [5.74, 6) is -5.83. The summed E-state index contributed by atoms with van der Waals surface area (Å²) < 4.78 is 97.4. The standard InChI is InChI=1S/C23H13Cl2F7N4O2/c24-17-8-12(6-13(10-37)19(17)25)15(22(27,28)29)9-18(26)11-2-3-14(16(7-11)23(30,31)32)20(38)35-36-21-33-4-1-5-34-21/h1-10,15H,(H,35,38)(H,33,34,36). The van der Waals surface area contributed by atoms with E-state index in [0.29, 0.717) is 12.1 Å². The van der Waals surface area contributed by atoms with Crippen LogP contribution in [-0.4, -0.2) is 28.3 Å². The maximum absolute atomic E-state index is 15.0. The van der Waals surface area contributed by atoms with Crippen molar-refractivity contribution in [3.05, 3.63) is 92.7 Å². The molecular formula is C23H13Cl2F7N4O2. The first-order valence-electron chi connectivity index (χ1n) is 10.2. The summed E-state index contributed by atoms with van der Waals surface area (Å²) >= 11 is 11.5. The third kappa shape index (κ3) is 6.78. The molecule has 0 fully saturated rings. The number of carbonyl (C=O) groups excluding carboxylic acids is 2. The lowest BCUT2D eigenvalue weighted by Crippen LogP contribution is -2.32. The molecule has 3 rings (SSSR count). The Balaban J connectivity index is 2.01. The lowest BCUT2D eigenvalue weighted by Gasteiger charge is -2.19. The van der Waals surface area contributed by atoms with Crippen molar-refractivity contribution in [1.82, 2.24) is 15.4 Å². The normalized spacial score (nSPS) is 13.1. The van der Waals surface area contributed by atoms with Crippen molar-refractivity contribution in [2.45, 2.75) is 18.3 Å². The Morgan fingerprint density at radius 1 is 1.00 bits per heavy atom. The van der Waals surface area contributed by atoms with Gasteiger partial charge in [-0.15, -0.1) is 0 Å². The molecule has 15 heteroatoms. The molecule has 0 radical (unpaired) electrons. The van der Waals surface area contributed by atoms with Crippen LogP contribution in [0.4, 0.5) is 36.7 Å². The molecule has 6 nitrogen and oxygen atoms in total. The van der Waals surface area contributed by atoms with Crippen LogP contribution in [0.15, 0.2) is 54.9 Å². The predicted molar refractivity (Wildman–Crippen MR) is 124 cm³/mol. The molecule has 0 saturated carbocycles. The van der Waals surface area contributed by atoms with Crippen molar-refractivity contribution in [2.75, 3.05) is 5.43 Å². The zero-order chi connectivity index (χ0) is 28.3. The van der Waals surface area contributed by atoms with Crippen LogP contribution in [0.3, 0.4) is 0 Å². The molecule has 1 atom stereocenters. The molecule has 3 aromatic rings. The largest absolute Gasteiger partial charge is 0.417 e. The summed E-state index contributed by atoms with van der Waals surface area (Å²) in [7, 11) is 0. The molecule has 200 valence electrons. The van der Waals surface area contributed by atoms with Crippen molar-refractivity contribution in [2.24, 2.45) is 0 Å². The molecular weight excluding hydrogens is 568 g/mol. The Labute approximate surface area is 219 Å². The molecule has 0 aliphatic rings. The Hall–Kier alpha value is -3.71. The maximum Gasteiger partial charge on any atom is 0.417 e. The fourth-order valence-electron chi connectivity index (χ4n) is 3.19. The number of hydrazine groups is 1. The van der Waals surface area contributed by atoms with Crippen LogP contribution in [0.5, 0.6) is 0 Å². The molecule has 0 spiro atoms. The summed E-state index contributed by atoms with van der Waals surface area (Å²) in [6.07, 6.45) is -7.57. The van der Waals surface area contributed by atoms with Crippen LogP contribution >= 0.6 is 23.2 Å². The third-order valence-corrected chi connectivity index (χ3v) is 5.75. The summed E-state index contributed by atoms with van der Waals surface area (Å²) in [4.78, 5) is 30.9. The van der Waals surface area contributed by atoms with Gasteiger partial charge in [-0.05, 0) is 42.0 Å². The van der Waals surface area contributed by atoms with Crippen LogP contribution in [0.1, 0.15) is 43.3 Å². The van der Waals surface area contributed by atoms with Crippen molar-refractivity contribution < 1.29 is 40.3 Å². The van der Waals surface area contributed by atoms with Gasteiger partial charge in [-0.1, -0.05) is 29.3 Å². The van der Waals surface area contributed by atoms with E-state index in [0.717, 1.165) is 12.1 Å². The van der Waals surface area contributed by atoms with E-state index in [1.54, 1.807) is 0 Å². The van der Waals surface area contributed by atoms with Gasteiger partial charge in [0, 0.05) is 23.5 Å². The van der Waals surface area contributed by atoms with E-state index in [9.17, 15) is 40.3 Å². The van der Waals surface area contributed by atoms with E-state index in [-0.39, 0.29) is 29.4 Å². The first-order chi connectivity index (χ1) is 17.7. The molecule has 0 aliphatic heterocycles. The fourth-order valence-corrected chi connectivity index (χ4v) is 3.58. The Kier molecular flexibility index (Phi) is 8.62. The highest BCUT2D eigenvalue weighted by molar-refractivity contribution is 6.43.